The summed E-state index contributed by atoms with van der Waals surface area (Å²) in [5.74, 6) is 0.491. The van der Waals surface area contributed by atoms with E-state index in [2.05, 4.69) is 36.7 Å². The van der Waals surface area contributed by atoms with Gasteiger partial charge >= 0.3 is 0 Å². The van der Waals surface area contributed by atoms with Crippen LogP contribution in [0.4, 0.5) is 0 Å². The third-order valence-electron chi connectivity index (χ3n) is 1.34. The van der Waals surface area contributed by atoms with Crippen LogP contribution < -0.4 is 0 Å². The minimum Gasteiger partial charge on any atom is -0.289 e. The minimum absolute atomic E-state index is 0.491. The molecule has 0 N–H and O–H groups in total. The first-order chi connectivity index (χ1) is 5.81. The zero-order chi connectivity index (χ0) is 9.23. The Kier molecular flexibility index (Phi) is 7.25. The zero-order valence-electron chi connectivity index (χ0n) is 7.90. The monoisotopic (exact) mass is 163 g/mol. The van der Waals surface area contributed by atoms with E-state index in [4.69, 9.17) is 0 Å². The SMILES string of the molecule is C=CC/N=C\C=C/[C@@H](C)/C=C\C. The van der Waals surface area contributed by atoms with E-state index < -0.39 is 0 Å². The van der Waals surface area contributed by atoms with Crippen LogP contribution in [0.5, 0.6) is 0 Å². The van der Waals surface area contributed by atoms with E-state index in [0.29, 0.717) is 12.5 Å². The Hall–Kier alpha value is -1.11. The number of hydrogen-bond acceptors (Lipinski definition) is 1. The van der Waals surface area contributed by atoms with Crippen LogP contribution in [-0.2, 0) is 0 Å². The standard InChI is InChI=1S/C11H17N/c1-4-7-11(3)8-6-10-12-9-5-2/h4-8,10-11H,2,9H2,1,3H3/b7-4-,8-6-,12-10-/t11-/m0/s1. The molecule has 0 unspecified atom stereocenters. The van der Waals surface area contributed by atoms with E-state index in [1.165, 1.54) is 0 Å². The van der Waals surface area contributed by atoms with Gasteiger partial charge in [0.25, 0.3) is 0 Å². The molecule has 0 spiro atoms. The van der Waals surface area contributed by atoms with Crippen molar-refractivity contribution < 1.29 is 0 Å². The van der Waals surface area contributed by atoms with Crippen LogP contribution in [0.25, 0.3) is 0 Å². The molecule has 0 radical (unpaired) electrons. The summed E-state index contributed by atoms with van der Waals surface area (Å²) in [6.45, 7) is 8.43. The maximum atomic E-state index is 4.07. The highest BCUT2D eigenvalue weighted by molar-refractivity contribution is 5.71. The molecule has 0 heterocycles. The van der Waals surface area contributed by atoms with Gasteiger partial charge in [-0.1, -0.05) is 31.2 Å². The van der Waals surface area contributed by atoms with Gasteiger partial charge in [0.05, 0.1) is 6.54 Å². The fourth-order valence-corrected chi connectivity index (χ4v) is 0.789. The van der Waals surface area contributed by atoms with Crippen molar-refractivity contribution in [1.29, 1.82) is 0 Å². The van der Waals surface area contributed by atoms with Crippen LogP contribution in [0.15, 0.2) is 42.0 Å². The Morgan fingerprint density at radius 1 is 1.42 bits per heavy atom. The maximum absolute atomic E-state index is 4.07. The summed E-state index contributed by atoms with van der Waals surface area (Å²) in [6.07, 6.45) is 11.8. The Labute approximate surface area is 75.2 Å². The quantitative estimate of drug-likeness (QED) is 0.436. The summed E-state index contributed by atoms with van der Waals surface area (Å²) in [5.41, 5.74) is 0. The van der Waals surface area contributed by atoms with Gasteiger partial charge in [0.2, 0.25) is 0 Å². The number of aliphatic imine (C=N–C) groups is 1. The summed E-state index contributed by atoms with van der Waals surface area (Å²) < 4.78 is 0. The predicted octanol–water partition coefficient (Wildman–Crippen LogP) is 3.01. The molecule has 0 bridgehead atoms. The smallest absolute Gasteiger partial charge is 0.0567 e. The van der Waals surface area contributed by atoms with Gasteiger partial charge in [-0.15, -0.1) is 6.58 Å². The first kappa shape index (κ1) is 10.9. The lowest BCUT2D eigenvalue weighted by Crippen LogP contribution is -1.81. The fraction of sp³-hybridized carbons (Fsp3) is 0.364. The number of nitrogens with zero attached hydrogens (tertiary/aromatic N) is 1. The van der Waals surface area contributed by atoms with Gasteiger partial charge in [-0.3, -0.25) is 4.99 Å². The summed E-state index contributed by atoms with van der Waals surface area (Å²) in [4.78, 5) is 4.07. The van der Waals surface area contributed by atoms with Crippen molar-refractivity contribution in [1.82, 2.24) is 0 Å². The van der Waals surface area contributed by atoms with Crippen molar-refractivity contribution in [3.63, 3.8) is 0 Å². The van der Waals surface area contributed by atoms with Gasteiger partial charge in [-0.2, -0.15) is 0 Å². The molecule has 66 valence electrons. The Morgan fingerprint density at radius 3 is 2.75 bits per heavy atom. The topological polar surface area (TPSA) is 12.4 Å². The lowest BCUT2D eigenvalue weighted by molar-refractivity contribution is 0.939. The molecule has 0 saturated heterocycles. The fourth-order valence-electron chi connectivity index (χ4n) is 0.789. The molecule has 0 aromatic rings. The van der Waals surface area contributed by atoms with E-state index in [9.17, 15) is 0 Å². The van der Waals surface area contributed by atoms with E-state index >= 15 is 0 Å². The largest absolute Gasteiger partial charge is 0.289 e. The van der Waals surface area contributed by atoms with Crippen molar-refractivity contribution in [2.24, 2.45) is 10.9 Å². The molecule has 0 saturated carbocycles. The molecular formula is C11H17N. The highest BCUT2D eigenvalue weighted by Crippen LogP contribution is 1.97. The molecule has 0 aromatic heterocycles. The second-order valence-electron chi connectivity index (χ2n) is 2.57. The number of allylic oxidation sites excluding steroid dienone is 4. The first-order valence-electron chi connectivity index (χ1n) is 4.21. The third-order valence-corrected chi connectivity index (χ3v) is 1.34. The van der Waals surface area contributed by atoms with Crippen LogP contribution >= 0.6 is 0 Å². The Balaban J connectivity index is 3.66. The van der Waals surface area contributed by atoms with Crippen LogP contribution in [0, 0.1) is 5.92 Å². The molecule has 0 aliphatic carbocycles. The van der Waals surface area contributed by atoms with Gasteiger partial charge in [0, 0.05) is 6.21 Å². The zero-order valence-corrected chi connectivity index (χ0v) is 7.90. The Morgan fingerprint density at radius 2 is 2.17 bits per heavy atom. The molecule has 1 nitrogen and oxygen atoms in total. The predicted molar refractivity (Wildman–Crippen MR) is 56.7 cm³/mol. The summed E-state index contributed by atoms with van der Waals surface area (Å²) in [6, 6.07) is 0. The number of hydrogen-bond donors (Lipinski definition) is 0. The summed E-state index contributed by atoms with van der Waals surface area (Å²) >= 11 is 0. The molecule has 12 heavy (non-hydrogen) atoms. The molecule has 0 aliphatic rings. The van der Waals surface area contributed by atoms with Gasteiger partial charge < -0.3 is 0 Å². The third kappa shape index (κ3) is 7.00. The molecule has 0 aliphatic heterocycles. The van der Waals surface area contributed by atoms with Crippen molar-refractivity contribution in [3.05, 3.63) is 37.0 Å². The van der Waals surface area contributed by atoms with E-state index in [0.717, 1.165) is 0 Å². The minimum atomic E-state index is 0.491. The van der Waals surface area contributed by atoms with Crippen LogP contribution in [-0.4, -0.2) is 12.8 Å². The second-order valence-corrected chi connectivity index (χ2v) is 2.57. The van der Waals surface area contributed by atoms with Gasteiger partial charge in [-0.25, -0.2) is 0 Å². The van der Waals surface area contributed by atoms with Crippen molar-refractivity contribution in [2.45, 2.75) is 13.8 Å². The molecule has 0 amide bonds. The molecule has 1 atom stereocenters. The molecular weight excluding hydrogens is 146 g/mol. The second kappa shape index (κ2) is 7.99. The molecule has 1 heteroatoms. The highest BCUT2D eigenvalue weighted by Gasteiger charge is 1.84. The van der Waals surface area contributed by atoms with E-state index in [-0.39, 0.29) is 0 Å². The lowest BCUT2D eigenvalue weighted by atomic mass is 10.1. The average Bonchev–Trinajstić information content (AvgIpc) is 2.05. The van der Waals surface area contributed by atoms with Crippen LogP contribution in [0.3, 0.4) is 0 Å². The van der Waals surface area contributed by atoms with E-state index in [1.807, 2.05) is 19.2 Å². The van der Waals surface area contributed by atoms with E-state index in [1.54, 1.807) is 6.08 Å². The maximum Gasteiger partial charge on any atom is 0.0567 e. The normalized spacial score (nSPS) is 14.8. The van der Waals surface area contributed by atoms with Gasteiger partial charge in [0.15, 0.2) is 0 Å². The highest BCUT2D eigenvalue weighted by atomic mass is 14.7. The molecule has 0 aromatic carbocycles. The van der Waals surface area contributed by atoms with Gasteiger partial charge in [-0.05, 0) is 18.9 Å². The molecule has 0 rings (SSSR count). The number of rotatable bonds is 5. The average molecular weight is 163 g/mol. The van der Waals surface area contributed by atoms with Gasteiger partial charge in [0.1, 0.15) is 0 Å². The molecule has 0 fully saturated rings. The first-order valence-corrected chi connectivity index (χ1v) is 4.21. The van der Waals surface area contributed by atoms with Crippen molar-refractivity contribution in [3.8, 4) is 0 Å². The van der Waals surface area contributed by atoms with Crippen molar-refractivity contribution >= 4 is 6.21 Å². The van der Waals surface area contributed by atoms with Crippen molar-refractivity contribution in [2.75, 3.05) is 6.54 Å². The van der Waals surface area contributed by atoms with Crippen LogP contribution in [0.1, 0.15) is 13.8 Å². The Bertz CT molecular complexity index is 187. The lowest BCUT2D eigenvalue weighted by Gasteiger charge is -1.93. The summed E-state index contributed by atoms with van der Waals surface area (Å²) in [5, 5.41) is 0. The summed E-state index contributed by atoms with van der Waals surface area (Å²) in [7, 11) is 0. The van der Waals surface area contributed by atoms with Crippen LogP contribution in [0.2, 0.25) is 0 Å².